The maximum atomic E-state index is 10.2. The molecule has 6 nitrogen and oxygen atoms in total. The average molecular weight is 732 g/mol. The molecule has 0 aliphatic carbocycles. The molecule has 0 aromatic carbocycles. The van der Waals surface area contributed by atoms with E-state index in [1.54, 1.807) is 0 Å². The van der Waals surface area contributed by atoms with E-state index in [4.69, 9.17) is 9.47 Å². The van der Waals surface area contributed by atoms with Crippen LogP contribution in [0.1, 0.15) is 193 Å². The van der Waals surface area contributed by atoms with Gasteiger partial charge in [-0.1, -0.05) is 154 Å². The van der Waals surface area contributed by atoms with Crippen molar-refractivity contribution in [3.63, 3.8) is 0 Å². The second kappa shape index (κ2) is 33.8. The van der Waals surface area contributed by atoms with Crippen molar-refractivity contribution in [2.24, 2.45) is 0 Å². The van der Waals surface area contributed by atoms with E-state index in [9.17, 15) is 19.8 Å². The van der Waals surface area contributed by atoms with Gasteiger partial charge in [-0.2, -0.15) is 0 Å². The minimum atomic E-state index is -0.907. The molecule has 248 valence electrons. The van der Waals surface area contributed by atoms with Crippen molar-refractivity contribution >= 4 is 60.8 Å². The van der Waals surface area contributed by atoms with Crippen LogP contribution in [0.5, 0.6) is 0 Å². The molecule has 2 atom stereocenters. The Morgan fingerprint density at radius 3 is 0.767 bits per heavy atom. The van der Waals surface area contributed by atoms with Gasteiger partial charge in [-0.3, -0.25) is 0 Å². The Hall–Kier alpha value is 0.431. The van der Waals surface area contributed by atoms with E-state index in [1.807, 2.05) is 0 Å². The number of carboxylic acids is 2. The molecule has 2 unspecified atom stereocenters. The van der Waals surface area contributed by atoms with Crippen molar-refractivity contribution in [1.82, 2.24) is 0 Å². The summed E-state index contributed by atoms with van der Waals surface area (Å²) >= 11 is 0. The molecule has 0 radical (unpaired) electrons. The molecule has 2 aliphatic heterocycles. The van der Waals surface area contributed by atoms with Gasteiger partial charge in [0.25, 0.3) is 0 Å². The van der Waals surface area contributed by atoms with Gasteiger partial charge in [-0.15, -0.1) is 0 Å². The first-order valence-corrected chi connectivity index (χ1v) is 18.2. The zero-order valence-corrected chi connectivity index (χ0v) is 32.4. The molecule has 7 heteroatoms. The van der Waals surface area contributed by atoms with Gasteiger partial charge in [0.2, 0.25) is 0 Å². The van der Waals surface area contributed by atoms with Gasteiger partial charge in [0, 0.05) is 11.9 Å². The summed E-state index contributed by atoms with van der Waals surface area (Å²) in [7, 11) is 0. The number of aliphatic carboxylic acids is 2. The van der Waals surface area contributed by atoms with E-state index < -0.39 is 11.9 Å². The number of ether oxygens (including phenoxy) is 2. The van der Waals surface area contributed by atoms with Crippen LogP contribution in [0.15, 0.2) is 0 Å². The average Bonchev–Trinajstić information content (AvgIpc) is 3.89. The molecule has 0 amide bonds. The van der Waals surface area contributed by atoms with Gasteiger partial charge in [-0.25, -0.2) is 0 Å². The molecule has 0 N–H and O–H groups in total. The fraction of sp³-hybridized carbons (Fsp3) is 0.944. The standard InChI is InChI=1S/2C18H34O3.Ba/c2*19-18(20)15-13-11-9-7-5-3-1-2-4-6-8-10-12-14-17-16-21-17;/h2*17H,1-16H2,(H,19,20);/q;;+2/p-2. The summed E-state index contributed by atoms with van der Waals surface area (Å²) in [5.74, 6) is -1.81. The third kappa shape index (κ3) is 38.5. The van der Waals surface area contributed by atoms with E-state index in [0.717, 1.165) is 38.9 Å². The predicted octanol–water partition coefficient (Wildman–Crippen LogP) is 7.59. The number of hydrogen-bond acceptors (Lipinski definition) is 6. The number of rotatable bonds is 32. The molecule has 0 saturated carbocycles. The molecule has 43 heavy (non-hydrogen) atoms. The number of carbonyl (C=O) groups is 2. The number of epoxide rings is 2. The van der Waals surface area contributed by atoms with Crippen LogP contribution in [0.4, 0.5) is 0 Å². The van der Waals surface area contributed by atoms with Crippen LogP contribution in [0.2, 0.25) is 0 Å². The largest absolute Gasteiger partial charge is 2.00 e. The SMILES string of the molecule is O=C([O-])CCCCCCCCCCCCCCCC1CO1.O=C([O-])CCCCCCCCCCCCCCCC1CO1.[Ba+2]. The van der Waals surface area contributed by atoms with Gasteiger partial charge in [0.15, 0.2) is 0 Å². The molecular formula is C36H66BaO6. The third-order valence-electron chi connectivity index (χ3n) is 8.62. The second-order valence-electron chi connectivity index (χ2n) is 12.9. The normalized spacial score (nSPS) is 16.7. The van der Waals surface area contributed by atoms with Gasteiger partial charge in [0.05, 0.1) is 25.4 Å². The Morgan fingerprint density at radius 2 is 0.581 bits per heavy atom. The molecule has 0 bridgehead atoms. The quantitative estimate of drug-likeness (QED) is 0.0401. The van der Waals surface area contributed by atoms with Crippen LogP contribution in [-0.4, -0.2) is 86.2 Å². The van der Waals surface area contributed by atoms with Crippen molar-refractivity contribution in [2.75, 3.05) is 13.2 Å². The summed E-state index contributed by atoms with van der Waals surface area (Å²) in [6, 6.07) is 0. The van der Waals surface area contributed by atoms with Crippen LogP contribution in [0.25, 0.3) is 0 Å². The van der Waals surface area contributed by atoms with Crippen LogP contribution in [0, 0.1) is 0 Å². The van der Waals surface area contributed by atoms with E-state index in [1.165, 1.54) is 154 Å². The van der Waals surface area contributed by atoms with Crippen molar-refractivity contribution < 1.29 is 29.3 Å². The Bertz CT molecular complexity index is 557. The summed E-state index contributed by atoms with van der Waals surface area (Å²) in [5.41, 5.74) is 0. The van der Waals surface area contributed by atoms with Gasteiger partial charge in [0.1, 0.15) is 0 Å². The Labute approximate surface area is 305 Å². The molecule has 0 aromatic rings. The van der Waals surface area contributed by atoms with Crippen LogP contribution in [0.3, 0.4) is 0 Å². The Kier molecular flexibility index (Phi) is 34.1. The summed E-state index contributed by atoms with van der Waals surface area (Å²) < 4.78 is 10.4. The van der Waals surface area contributed by atoms with Crippen molar-refractivity contribution in [1.29, 1.82) is 0 Å². The first-order chi connectivity index (χ1) is 20.6. The van der Waals surface area contributed by atoms with E-state index >= 15 is 0 Å². The number of hydrogen-bond donors (Lipinski definition) is 0. The van der Waals surface area contributed by atoms with Crippen molar-refractivity contribution in [3.8, 4) is 0 Å². The summed E-state index contributed by atoms with van der Waals surface area (Å²) in [5, 5.41) is 20.5. The van der Waals surface area contributed by atoms with E-state index in [2.05, 4.69) is 0 Å². The van der Waals surface area contributed by atoms with Gasteiger partial charge >= 0.3 is 48.9 Å². The summed E-state index contributed by atoms with van der Waals surface area (Å²) in [4.78, 5) is 20.5. The van der Waals surface area contributed by atoms with Crippen LogP contribution in [-0.2, 0) is 19.1 Å². The summed E-state index contributed by atoms with van der Waals surface area (Å²) in [6.45, 7) is 2.02. The fourth-order valence-corrected chi connectivity index (χ4v) is 5.64. The molecule has 2 fully saturated rings. The van der Waals surface area contributed by atoms with Crippen molar-refractivity contribution in [3.05, 3.63) is 0 Å². The van der Waals surface area contributed by atoms with Crippen LogP contribution >= 0.6 is 0 Å². The van der Waals surface area contributed by atoms with Crippen LogP contribution < -0.4 is 10.2 Å². The monoisotopic (exact) mass is 732 g/mol. The molecule has 2 saturated heterocycles. The maximum absolute atomic E-state index is 10.2. The Balaban J connectivity index is 0.000000802. The number of carboxylic acid groups (broad SMARTS) is 2. The molecule has 2 rings (SSSR count). The number of carbonyl (C=O) groups excluding carboxylic acids is 2. The van der Waals surface area contributed by atoms with Gasteiger partial charge < -0.3 is 29.3 Å². The zero-order chi connectivity index (χ0) is 30.4. The zero-order valence-electron chi connectivity index (χ0n) is 27.9. The maximum Gasteiger partial charge on any atom is 2.00 e. The Morgan fingerprint density at radius 1 is 0.395 bits per heavy atom. The predicted molar refractivity (Wildman–Crippen MR) is 174 cm³/mol. The molecule has 2 aliphatic rings. The van der Waals surface area contributed by atoms with Gasteiger partial charge in [-0.05, 0) is 38.5 Å². The second-order valence-corrected chi connectivity index (χ2v) is 12.9. The van der Waals surface area contributed by atoms with Crippen molar-refractivity contribution in [2.45, 2.75) is 205 Å². The molecular weight excluding hydrogens is 666 g/mol. The third-order valence-corrected chi connectivity index (χ3v) is 8.62. The minimum Gasteiger partial charge on any atom is -0.550 e. The topological polar surface area (TPSA) is 105 Å². The number of unbranched alkanes of at least 4 members (excludes halogenated alkanes) is 24. The first kappa shape index (κ1) is 43.4. The fourth-order valence-electron chi connectivity index (χ4n) is 5.64. The smallest absolute Gasteiger partial charge is 0.550 e. The van der Waals surface area contributed by atoms with E-state index in [-0.39, 0.29) is 61.7 Å². The minimum absolute atomic E-state index is 0. The molecule has 0 spiro atoms. The van der Waals surface area contributed by atoms with E-state index in [0.29, 0.717) is 12.2 Å². The first-order valence-electron chi connectivity index (χ1n) is 18.2. The molecule has 0 aromatic heterocycles. The molecule has 2 heterocycles. The summed E-state index contributed by atoms with van der Waals surface area (Å²) in [6.07, 6.45) is 37.4.